The molecule has 0 spiro atoms. The van der Waals surface area contributed by atoms with Gasteiger partial charge in [-0.25, -0.2) is 0 Å². The van der Waals surface area contributed by atoms with Crippen molar-refractivity contribution in [2.75, 3.05) is 14.1 Å². The normalized spacial score (nSPS) is 11.7. The minimum Gasteiger partial charge on any atom is -0.305 e. The molecule has 0 N–H and O–H groups in total. The summed E-state index contributed by atoms with van der Waals surface area (Å²) in [6.45, 7) is 0.959. The third kappa shape index (κ3) is 3.56. The number of benzene rings is 3. The van der Waals surface area contributed by atoms with Gasteiger partial charge in [0.1, 0.15) is 15.9 Å². The zero-order chi connectivity index (χ0) is 17.0. The standard InChI is InChI=1S/C21H22INP/c1-23(2)17-18-11-9-10-16-21(18)24(22,19-12-5-3-6-13-19)20-14-7-4-8-15-20/h3-16H,17H2,1-2H3/q+1. The highest BCUT2D eigenvalue weighted by molar-refractivity contribution is 14.2. The summed E-state index contributed by atoms with van der Waals surface area (Å²) < 4.78 is 0. The molecule has 0 saturated carbocycles. The summed E-state index contributed by atoms with van der Waals surface area (Å²) in [4.78, 5) is 0.569. The molecule has 0 saturated heterocycles. The minimum absolute atomic E-state index is 0.959. The number of nitrogens with zero attached hydrogens (tertiary/aromatic N) is 1. The van der Waals surface area contributed by atoms with Crippen LogP contribution in [0.2, 0.25) is 0 Å². The molecule has 1 nitrogen and oxygen atoms in total. The van der Waals surface area contributed by atoms with Gasteiger partial charge in [0, 0.05) is 12.1 Å². The Morgan fingerprint density at radius 3 is 1.67 bits per heavy atom. The number of hydrogen-bond donors (Lipinski definition) is 0. The van der Waals surface area contributed by atoms with Gasteiger partial charge in [0.05, 0.1) is 0 Å². The largest absolute Gasteiger partial charge is 0.305 e. The van der Waals surface area contributed by atoms with Gasteiger partial charge in [-0.1, -0.05) is 54.6 Å². The van der Waals surface area contributed by atoms with Crippen LogP contribution in [-0.4, -0.2) is 19.0 Å². The van der Waals surface area contributed by atoms with Gasteiger partial charge in [-0.15, -0.1) is 0 Å². The molecule has 0 bridgehead atoms. The molecule has 3 aromatic carbocycles. The second-order valence-electron chi connectivity index (χ2n) is 6.13. The molecule has 0 fully saturated rings. The van der Waals surface area contributed by atoms with E-state index in [2.05, 4.69) is 126 Å². The van der Waals surface area contributed by atoms with E-state index in [0.29, 0.717) is 0 Å². The maximum Gasteiger partial charge on any atom is 0.173 e. The Balaban J connectivity index is 2.24. The monoisotopic (exact) mass is 446 g/mol. The van der Waals surface area contributed by atoms with Crippen LogP contribution in [0.5, 0.6) is 0 Å². The third-order valence-corrected chi connectivity index (χ3v) is 12.1. The molecule has 3 rings (SSSR count). The van der Waals surface area contributed by atoms with Gasteiger partial charge in [-0.2, -0.15) is 0 Å². The van der Waals surface area contributed by atoms with Crippen molar-refractivity contribution >= 4 is 42.9 Å². The fraction of sp³-hybridized carbons (Fsp3) is 0.143. The fourth-order valence-corrected chi connectivity index (χ4v) is 9.17. The molecule has 0 amide bonds. The minimum atomic E-state index is -1.68. The average molecular weight is 446 g/mol. The number of hydrogen-bond acceptors (Lipinski definition) is 1. The fourth-order valence-electron chi connectivity index (χ4n) is 2.98. The van der Waals surface area contributed by atoms with Crippen LogP contribution in [0.15, 0.2) is 84.9 Å². The molecular weight excluding hydrogens is 424 g/mol. The van der Waals surface area contributed by atoms with E-state index in [1.807, 2.05) is 0 Å². The molecule has 0 aromatic heterocycles. The van der Waals surface area contributed by atoms with E-state index >= 15 is 0 Å². The lowest BCUT2D eigenvalue weighted by Crippen LogP contribution is -2.30. The third-order valence-electron chi connectivity index (χ3n) is 4.03. The van der Waals surface area contributed by atoms with E-state index in [4.69, 9.17) is 0 Å². The van der Waals surface area contributed by atoms with Gasteiger partial charge < -0.3 is 4.90 Å². The molecule has 0 heterocycles. The summed E-state index contributed by atoms with van der Waals surface area (Å²) in [5.41, 5.74) is 1.41. The zero-order valence-electron chi connectivity index (χ0n) is 14.1. The quantitative estimate of drug-likeness (QED) is 0.415. The van der Waals surface area contributed by atoms with Gasteiger partial charge in [-0.05, 0) is 44.4 Å². The van der Waals surface area contributed by atoms with Crippen LogP contribution in [0.4, 0.5) is 0 Å². The zero-order valence-corrected chi connectivity index (χ0v) is 17.1. The van der Waals surface area contributed by atoms with Gasteiger partial charge in [-0.3, -0.25) is 0 Å². The van der Waals surface area contributed by atoms with Crippen molar-refractivity contribution in [3.8, 4) is 0 Å². The molecule has 0 atom stereocenters. The first kappa shape index (κ1) is 17.6. The topological polar surface area (TPSA) is 3.24 Å². The highest BCUT2D eigenvalue weighted by Gasteiger charge is 2.44. The van der Waals surface area contributed by atoms with Crippen molar-refractivity contribution < 1.29 is 0 Å². The molecule has 122 valence electrons. The SMILES string of the molecule is CN(C)Cc1ccccc1[P+](I)(c1ccccc1)c1ccccc1. The van der Waals surface area contributed by atoms with Crippen molar-refractivity contribution in [3.05, 3.63) is 90.5 Å². The summed E-state index contributed by atoms with van der Waals surface area (Å²) in [7, 11) is 4.27. The Kier molecular flexibility index (Phi) is 5.70. The van der Waals surface area contributed by atoms with Crippen LogP contribution in [0.3, 0.4) is 0 Å². The van der Waals surface area contributed by atoms with E-state index < -0.39 is 4.90 Å². The number of rotatable bonds is 5. The van der Waals surface area contributed by atoms with Crippen molar-refractivity contribution in [2.24, 2.45) is 0 Å². The van der Waals surface area contributed by atoms with E-state index in [-0.39, 0.29) is 0 Å². The average Bonchev–Trinajstić information content (AvgIpc) is 2.62. The first-order valence-corrected chi connectivity index (χ1v) is 12.6. The Bertz CT molecular complexity index is 748. The van der Waals surface area contributed by atoms with E-state index in [1.54, 1.807) is 0 Å². The Morgan fingerprint density at radius 2 is 1.17 bits per heavy atom. The molecular formula is C21H22INP+. The van der Waals surface area contributed by atoms with Crippen molar-refractivity contribution in [2.45, 2.75) is 6.54 Å². The van der Waals surface area contributed by atoms with E-state index in [1.165, 1.54) is 21.5 Å². The molecule has 0 aliphatic rings. The lowest BCUT2D eigenvalue weighted by Gasteiger charge is -2.23. The summed E-state index contributed by atoms with van der Waals surface area (Å²) in [6, 6.07) is 30.8. The van der Waals surface area contributed by atoms with Crippen molar-refractivity contribution in [1.29, 1.82) is 0 Å². The first-order chi connectivity index (χ1) is 11.6. The van der Waals surface area contributed by atoms with Crippen LogP contribution in [0.1, 0.15) is 5.56 Å². The maximum atomic E-state index is 2.74. The van der Waals surface area contributed by atoms with Crippen LogP contribution >= 0.6 is 26.9 Å². The molecule has 0 unspecified atom stereocenters. The second-order valence-corrected chi connectivity index (χ2v) is 13.2. The van der Waals surface area contributed by atoms with Gasteiger partial charge in [0.15, 0.2) is 26.9 Å². The summed E-state index contributed by atoms with van der Waals surface area (Å²) in [6.07, 6.45) is 0. The van der Waals surface area contributed by atoms with Gasteiger partial charge in [0.2, 0.25) is 0 Å². The molecule has 0 aliphatic heterocycles. The van der Waals surface area contributed by atoms with Crippen LogP contribution in [-0.2, 0) is 6.54 Å². The van der Waals surface area contributed by atoms with Gasteiger partial charge in [0.25, 0.3) is 0 Å². The summed E-state index contributed by atoms with van der Waals surface area (Å²) >= 11 is 2.74. The highest BCUT2D eigenvalue weighted by atomic mass is 127. The Morgan fingerprint density at radius 1 is 0.708 bits per heavy atom. The van der Waals surface area contributed by atoms with E-state index in [0.717, 1.165) is 6.54 Å². The number of halogens is 1. The molecule has 0 aliphatic carbocycles. The molecule has 0 radical (unpaired) electrons. The van der Waals surface area contributed by atoms with Crippen LogP contribution in [0, 0.1) is 0 Å². The molecule has 24 heavy (non-hydrogen) atoms. The highest BCUT2D eigenvalue weighted by Crippen LogP contribution is 2.63. The van der Waals surface area contributed by atoms with Crippen LogP contribution in [0.25, 0.3) is 0 Å². The predicted molar refractivity (Wildman–Crippen MR) is 117 cm³/mol. The Hall–Kier alpha value is -1.22. The van der Waals surface area contributed by atoms with Gasteiger partial charge >= 0.3 is 0 Å². The lowest BCUT2D eigenvalue weighted by molar-refractivity contribution is 0.403. The predicted octanol–water partition coefficient (Wildman–Crippen LogP) is 4.39. The summed E-state index contributed by atoms with van der Waals surface area (Å²) in [5, 5.41) is 4.31. The first-order valence-electron chi connectivity index (χ1n) is 8.05. The lowest BCUT2D eigenvalue weighted by atomic mass is 10.2. The van der Waals surface area contributed by atoms with E-state index in [9.17, 15) is 0 Å². The van der Waals surface area contributed by atoms with Crippen LogP contribution < -0.4 is 15.9 Å². The second kappa shape index (κ2) is 7.77. The van der Waals surface area contributed by atoms with Crippen molar-refractivity contribution in [3.63, 3.8) is 0 Å². The maximum absolute atomic E-state index is 2.74. The smallest absolute Gasteiger partial charge is 0.173 e. The molecule has 3 aromatic rings. The Labute approximate surface area is 158 Å². The van der Waals surface area contributed by atoms with Crippen molar-refractivity contribution in [1.82, 2.24) is 4.90 Å². The molecule has 3 heteroatoms. The summed E-state index contributed by atoms with van der Waals surface area (Å²) in [5.74, 6) is 0.